The van der Waals surface area contributed by atoms with E-state index in [0.717, 1.165) is 6.54 Å². The second kappa shape index (κ2) is 3.49. The molecule has 0 spiro atoms. The predicted octanol–water partition coefficient (Wildman–Crippen LogP) is 3.10. The highest BCUT2D eigenvalue weighted by Gasteiger charge is 2.20. The lowest BCUT2D eigenvalue weighted by Gasteiger charge is -2.23. The lowest BCUT2D eigenvalue weighted by molar-refractivity contribution is 0.710. The van der Waals surface area contributed by atoms with Gasteiger partial charge in [-0.25, -0.2) is 0 Å². The molecule has 1 aliphatic heterocycles. The summed E-state index contributed by atoms with van der Waals surface area (Å²) in [5.74, 6) is 0. The zero-order chi connectivity index (χ0) is 10.1. The summed E-state index contributed by atoms with van der Waals surface area (Å²) in [6.07, 6.45) is 3.09. The first kappa shape index (κ1) is 9.32. The smallest absolute Gasteiger partial charge is 0.0402 e. The molecule has 14 heavy (non-hydrogen) atoms. The molecule has 1 aromatic carbocycles. The molecule has 0 aromatic heterocycles. The van der Waals surface area contributed by atoms with Crippen LogP contribution in [0.3, 0.4) is 0 Å². The van der Waals surface area contributed by atoms with Gasteiger partial charge in [0, 0.05) is 18.3 Å². The first-order valence-electron chi connectivity index (χ1n) is 5.24. The van der Waals surface area contributed by atoms with Gasteiger partial charge >= 0.3 is 0 Å². The van der Waals surface area contributed by atoms with Gasteiger partial charge in [-0.2, -0.15) is 0 Å². The van der Waals surface area contributed by atoms with Crippen molar-refractivity contribution in [3.8, 4) is 0 Å². The Kier molecular flexibility index (Phi) is 2.32. The van der Waals surface area contributed by atoms with Crippen LogP contribution in [0.4, 0.5) is 5.69 Å². The molecule has 1 nitrogen and oxygen atoms in total. The standard InChI is InChI=1S/C13H17N/c1-4-11-5-6-13-12(9-11)7-8-14(13)10(2)3/h4-6,9-10H,1,7-8H2,2-3H3. The van der Waals surface area contributed by atoms with Crippen molar-refractivity contribution in [2.75, 3.05) is 11.4 Å². The monoisotopic (exact) mass is 187 g/mol. The minimum Gasteiger partial charge on any atom is -0.369 e. The van der Waals surface area contributed by atoms with Crippen LogP contribution in [-0.2, 0) is 6.42 Å². The van der Waals surface area contributed by atoms with E-state index in [1.807, 2.05) is 6.08 Å². The number of benzene rings is 1. The van der Waals surface area contributed by atoms with Gasteiger partial charge in [0.25, 0.3) is 0 Å². The molecule has 1 heterocycles. The van der Waals surface area contributed by atoms with Crippen molar-refractivity contribution in [1.29, 1.82) is 0 Å². The Morgan fingerprint density at radius 2 is 2.21 bits per heavy atom. The molecule has 74 valence electrons. The van der Waals surface area contributed by atoms with Crippen molar-refractivity contribution in [2.45, 2.75) is 26.3 Å². The molecular formula is C13H17N. The maximum Gasteiger partial charge on any atom is 0.0402 e. The van der Waals surface area contributed by atoms with Gasteiger partial charge in [0.2, 0.25) is 0 Å². The topological polar surface area (TPSA) is 3.24 Å². The average molecular weight is 187 g/mol. The number of anilines is 1. The van der Waals surface area contributed by atoms with Gasteiger partial charge in [-0.1, -0.05) is 18.7 Å². The lowest BCUT2D eigenvalue weighted by Crippen LogP contribution is -2.28. The van der Waals surface area contributed by atoms with E-state index in [9.17, 15) is 0 Å². The highest BCUT2D eigenvalue weighted by Crippen LogP contribution is 2.30. The molecule has 1 aliphatic rings. The van der Waals surface area contributed by atoms with Crippen LogP contribution in [0.15, 0.2) is 24.8 Å². The highest BCUT2D eigenvalue weighted by atomic mass is 15.2. The molecule has 0 aliphatic carbocycles. The van der Waals surface area contributed by atoms with Crippen LogP contribution in [0.2, 0.25) is 0 Å². The van der Waals surface area contributed by atoms with E-state index in [2.05, 4.69) is 43.5 Å². The summed E-state index contributed by atoms with van der Waals surface area (Å²) in [5, 5.41) is 0. The van der Waals surface area contributed by atoms with Gasteiger partial charge < -0.3 is 4.90 Å². The number of fused-ring (bicyclic) bond motifs is 1. The summed E-state index contributed by atoms with van der Waals surface area (Å²) in [7, 11) is 0. The van der Waals surface area contributed by atoms with Crippen LogP contribution < -0.4 is 4.90 Å². The number of hydrogen-bond acceptors (Lipinski definition) is 1. The maximum atomic E-state index is 3.80. The molecule has 0 unspecified atom stereocenters. The molecule has 2 rings (SSSR count). The van der Waals surface area contributed by atoms with Gasteiger partial charge in [0.15, 0.2) is 0 Å². The fourth-order valence-electron chi connectivity index (χ4n) is 2.11. The van der Waals surface area contributed by atoms with Crippen LogP contribution in [-0.4, -0.2) is 12.6 Å². The molecule has 1 heteroatoms. The van der Waals surface area contributed by atoms with E-state index in [-0.39, 0.29) is 0 Å². The van der Waals surface area contributed by atoms with Crippen LogP contribution in [0, 0.1) is 0 Å². The summed E-state index contributed by atoms with van der Waals surface area (Å²) in [6, 6.07) is 7.22. The first-order chi connectivity index (χ1) is 6.72. The molecule has 0 saturated heterocycles. The van der Waals surface area contributed by atoms with Crippen LogP contribution in [0.1, 0.15) is 25.0 Å². The van der Waals surface area contributed by atoms with Crippen LogP contribution >= 0.6 is 0 Å². The van der Waals surface area contributed by atoms with Gasteiger partial charge in [0.1, 0.15) is 0 Å². The quantitative estimate of drug-likeness (QED) is 0.687. The molecule has 0 amide bonds. The van der Waals surface area contributed by atoms with E-state index >= 15 is 0 Å². The Labute approximate surface area is 86.1 Å². The predicted molar refractivity (Wildman–Crippen MR) is 62.7 cm³/mol. The lowest BCUT2D eigenvalue weighted by atomic mass is 10.1. The third-order valence-electron chi connectivity index (χ3n) is 2.89. The van der Waals surface area contributed by atoms with E-state index in [0.29, 0.717) is 6.04 Å². The minimum absolute atomic E-state index is 0.603. The van der Waals surface area contributed by atoms with Crippen molar-refractivity contribution in [1.82, 2.24) is 0 Å². The Bertz CT molecular complexity index is 352. The first-order valence-corrected chi connectivity index (χ1v) is 5.24. The van der Waals surface area contributed by atoms with Gasteiger partial charge in [0.05, 0.1) is 0 Å². The molecular weight excluding hydrogens is 170 g/mol. The van der Waals surface area contributed by atoms with E-state index in [1.54, 1.807) is 0 Å². The average Bonchev–Trinajstić information content (AvgIpc) is 2.59. The van der Waals surface area contributed by atoms with Crippen molar-refractivity contribution in [3.05, 3.63) is 35.9 Å². The third kappa shape index (κ3) is 1.43. The van der Waals surface area contributed by atoms with Gasteiger partial charge in [-0.15, -0.1) is 0 Å². The third-order valence-corrected chi connectivity index (χ3v) is 2.89. The molecule has 0 bridgehead atoms. The fourth-order valence-corrected chi connectivity index (χ4v) is 2.11. The van der Waals surface area contributed by atoms with E-state index in [4.69, 9.17) is 0 Å². The summed E-state index contributed by atoms with van der Waals surface area (Å²) >= 11 is 0. The Morgan fingerprint density at radius 1 is 1.43 bits per heavy atom. The summed E-state index contributed by atoms with van der Waals surface area (Å²) < 4.78 is 0. The molecule has 0 fully saturated rings. The van der Waals surface area contributed by atoms with E-state index < -0.39 is 0 Å². The Hall–Kier alpha value is -1.24. The molecule has 0 radical (unpaired) electrons. The minimum atomic E-state index is 0.603. The van der Waals surface area contributed by atoms with Crippen molar-refractivity contribution in [2.24, 2.45) is 0 Å². The molecule has 0 N–H and O–H groups in total. The summed E-state index contributed by atoms with van der Waals surface area (Å²) in [6.45, 7) is 9.45. The van der Waals surface area contributed by atoms with Crippen molar-refractivity contribution >= 4 is 11.8 Å². The van der Waals surface area contributed by atoms with Crippen molar-refractivity contribution in [3.63, 3.8) is 0 Å². The second-order valence-corrected chi connectivity index (χ2v) is 4.13. The summed E-state index contributed by atoms with van der Waals surface area (Å²) in [4.78, 5) is 2.46. The van der Waals surface area contributed by atoms with Crippen molar-refractivity contribution < 1.29 is 0 Å². The number of rotatable bonds is 2. The molecule has 0 atom stereocenters. The second-order valence-electron chi connectivity index (χ2n) is 4.13. The zero-order valence-corrected chi connectivity index (χ0v) is 8.96. The number of hydrogen-bond donors (Lipinski definition) is 0. The Morgan fingerprint density at radius 3 is 2.86 bits per heavy atom. The zero-order valence-electron chi connectivity index (χ0n) is 8.96. The fraction of sp³-hybridized carbons (Fsp3) is 0.385. The number of nitrogens with zero attached hydrogens (tertiary/aromatic N) is 1. The largest absolute Gasteiger partial charge is 0.369 e. The van der Waals surface area contributed by atoms with Crippen LogP contribution in [0.5, 0.6) is 0 Å². The molecule has 1 aromatic rings. The van der Waals surface area contributed by atoms with E-state index in [1.165, 1.54) is 23.2 Å². The maximum absolute atomic E-state index is 3.80. The van der Waals surface area contributed by atoms with Gasteiger partial charge in [-0.3, -0.25) is 0 Å². The summed E-state index contributed by atoms with van der Waals surface area (Å²) in [5.41, 5.74) is 4.11. The van der Waals surface area contributed by atoms with Gasteiger partial charge in [-0.05, 0) is 43.5 Å². The SMILES string of the molecule is C=Cc1ccc2c(c1)CCN2C(C)C. The molecule has 0 saturated carbocycles. The normalized spacial score (nSPS) is 14.6. The van der Waals surface area contributed by atoms with Crippen LogP contribution in [0.25, 0.3) is 6.08 Å². The Balaban J connectivity index is 2.38. The highest BCUT2D eigenvalue weighted by molar-refractivity contribution is 5.63.